The SMILES string of the molecule is CC(CC(=O)Nc1cccc(S(=O)(=O)N2CCCCCC2)c1)NC(=O)c1ccccc1. The number of anilines is 1. The second-order valence-electron chi connectivity index (χ2n) is 7.84. The quantitative estimate of drug-likeness (QED) is 0.686. The minimum atomic E-state index is -3.59. The van der Waals surface area contributed by atoms with Gasteiger partial charge < -0.3 is 10.6 Å². The van der Waals surface area contributed by atoms with Gasteiger partial charge in [-0.2, -0.15) is 4.31 Å². The maximum absolute atomic E-state index is 13.0. The molecule has 1 aliphatic rings. The van der Waals surface area contributed by atoms with E-state index in [0.29, 0.717) is 24.3 Å². The maximum atomic E-state index is 13.0. The van der Waals surface area contributed by atoms with Gasteiger partial charge in [0.2, 0.25) is 15.9 Å². The number of hydrogen-bond acceptors (Lipinski definition) is 4. The number of carbonyl (C=O) groups is 2. The minimum Gasteiger partial charge on any atom is -0.349 e. The Balaban J connectivity index is 1.59. The topological polar surface area (TPSA) is 95.6 Å². The number of nitrogens with zero attached hydrogens (tertiary/aromatic N) is 1. The third kappa shape index (κ3) is 6.38. The fourth-order valence-corrected chi connectivity index (χ4v) is 5.17. The van der Waals surface area contributed by atoms with Crippen LogP contribution >= 0.6 is 0 Å². The van der Waals surface area contributed by atoms with E-state index in [9.17, 15) is 18.0 Å². The van der Waals surface area contributed by atoms with Gasteiger partial charge in [0.25, 0.3) is 5.91 Å². The summed E-state index contributed by atoms with van der Waals surface area (Å²) in [5, 5.41) is 5.54. The van der Waals surface area contributed by atoms with Crippen LogP contribution in [0.2, 0.25) is 0 Å². The zero-order chi connectivity index (χ0) is 22.3. The van der Waals surface area contributed by atoms with Crippen molar-refractivity contribution in [3.8, 4) is 0 Å². The van der Waals surface area contributed by atoms with Gasteiger partial charge in [0.15, 0.2) is 0 Å². The highest BCUT2D eigenvalue weighted by Crippen LogP contribution is 2.22. The third-order valence-electron chi connectivity index (χ3n) is 5.23. The number of sulfonamides is 1. The first-order chi connectivity index (χ1) is 14.9. The van der Waals surface area contributed by atoms with Crippen LogP contribution in [0.4, 0.5) is 5.69 Å². The summed E-state index contributed by atoms with van der Waals surface area (Å²) < 4.78 is 27.5. The Kier molecular flexibility index (Phi) is 7.81. The molecule has 1 unspecified atom stereocenters. The minimum absolute atomic E-state index is 0.0711. The summed E-state index contributed by atoms with van der Waals surface area (Å²) in [7, 11) is -3.59. The molecule has 0 spiro atoms. The fraction of sp³-hybridized carbons (Fsp3) is 0.391. The number of rotatable bonds is 7. The summed E-state index contributed by atoms with van der Waals surface area (Å²) in [6.45, 7) is 2.80. The summed E-state index contributed by atoms with van der Waals surface area (Å²) in [4.78, 5) is 24.8. The molecule has 7 nitrogen and oxygen atoms in total. The highest BCUT2D eigenvalue weighted by atomic mass is 32.2. The molecule has 1 heterocycles. The smallest absolute Gasteiger partial charge is 0.251 e. The van der Waals surface area contributed by atoms with Crippen molar-refractivity contribution in [2.24, 2.45) is 0 Å². The molecule has 1 atom stereocenters. The molecule has 1 saturated heterocycles. The summed E-state index contributed by atoms with van der Waals surface area (Å²) in [5.41, 5.74) is 0.948. The van der Waals surface area contributed by atoms with Gasteiger partial charge in [-0.15, -0.1) is 0 Å². The number of amides is 2. The number of nitrogens with one attached hydrogen (secondary N) is 2. The number of hydrogen-bond donors (Lipinski definition) is 2. The highest BCUT2D eigenvalue weighted by Gasteiger charge is 2.25. The predicted octanol–water partition coefficient (Wildman–Crippen LogP) is 3.40. The molecule has 166 valence electrons. The van der Waals surface area contributed by atoms with Crippen molar-refractivity contribution < 1.29 is 18.0 Å². The van der Waals surface area contributed by atoms with Gasteiger partial charge in [0, 0.05) is 36.8 Å². The largest absolute Gasteiger partial charge is 0.349 e. The molecule has 2 aromatic carbocycles. The van der Waals surface area contributed by atoms with E-state index in [4.69, 9.17) is 0 Å². The lowest BCUT2D eigenvalue weighted by molar-refractivity contribution is -0.116. The lowest BCUT2D eigenvalue weighted by Gasteiger charge is -2.20. The van der Waals surface area contributed by atoms with Crippen LogP contribution in [0.25, 0.3) is 0 Å². The Morgan fingerprint density at radius 1 is 0.968 bits per heavy atom. The lowest BCUT2D eigenvalue weighted by atomic mass is 10.1. The normalized spacial score (nSPS) is 16.2. The zero-order valence-electron chi connectivity index (χ0n) is 17.7. The molecule has 1 fully saturated rings. The summed E-state index contributed by atoms with van der Waals surface area (Å²) >= 11 is 0. The van der Waals surface area contributed by atoms with Gasteiger partial charge in [-0.25, -0.2) is 8.42 Å². The lowest BCUT2D eigenvalue weighted by Crippen LogP contribution is -2.35. The second-order valence-corrected chi connectivity index (χ2v) is 9.78. The Labute approximate surface area is 183 Å². The van der Waals surface area contributed by atoms with Gasteiger partial charge >= 0.3 is 0 Å². The van der Waals surface area contributed by atoms with E-state index in [1.165, 1.54) is 10.4 Å². The van der Waals surface area contributed by atoms with Crippen LogP contribution in [0, 0.1) is 0 Å². The molecule has 8 heteroatoms. The average molecular weight is 444 g/mol. The molecule has 1 aliphatic heterocycles. The van der Waals surface area contributed by atoms with Crippen LogP contribution in [-0.2, 0) is 14.8 Å². The standard InChI is InChI=1S/C23H29N3O4S/c1-18(24-23(28)19-10-5-4-6-11-19)16-22(27)25-20-12-9-13-21(17-20)31(29,30)26-14-7-2-3-8-15-26/h4-6,9-13,17-18H,2-3,7-8,14-16H2,1H3,(H,24,28)(H,25,27). The Morgan fingerprint density at radius 3 is 2.32 bits per heavy atom. The van der Waals surface area contributed by atoms with Crippen molar-refractivity contribution in [1.29, 1.82) is 0 Å². The van der Waals surface area contributed by atoms with Crippen LogP contribution in [0.15, 0.2) is 59.5 Å². The first kappa shape index (κ1) is 23.0. The van der Waals surface area contributed by atoms with Crippen LogP contribution < -0.4 is 10.6 Å². The van der Waals surface area contributed by atoms with E-state index in [0.717, 1.165) is 25.7 Å². The van der Waals surface area contributed by atoms with E-state index < -0.39 is 10.0 Å². The molecule has 3 rings (SSSR count). The molecule has 0 radical (unpaired) electrons. The third-order valence-corrected chi connectivity index (χ3v) is 7.12. The molecular weight excluding hydrogens is 414 g/mol. The monoisotopic (exact) mass is 443 g/mol. The van der Waals surface area contributed by atoms with E-state index >= 15 is 0 Å². The molecule has 2 N–H and O–H groups in total. The molecule has 2 aromatic rings. The number of carbonyl (C=O) groups excluding carboxylic acids is 2. The van der Waals surface area contributed by atoms with Crippen LogP contribution in [-0.4, -0.2) is 43.7 Å². The molecule has 0 bridgehead atoms. The van der Waals surface area contributed by atoms with Gasteiger partial charge in [0.1, 0.15) is 0 Å². The summed E-state index contributed by atoms with van der Waals surface area (Å²) in [6, 6.07) is 14.7. The van der Waals surface area contributed by atoms with E-state index in [1.54, 1.807) is 49.4 Å². The van der Waals surface area contributed by atoms with Crippen LogP contribution in [0.1, 0.15) is 49.4 Å². The van der Waals surface area contributed by atoms with Crippen molar-refractivity contribution in [1.82, 2.24) is 9.62 Å². The van der Waals surface area contributed by atoms with Crippen molar-refractivity contribution in [2.45, 2.75) is 50.0 Å². The van der Waals surface area contributed by atoms with E-state index in [-0.39, 0.29) is 29.2 Å². The van der Waals surface area contributed by atoms with Crippen molar-refractivity contribution in [3.63, 3.8) is 0 Å². The first-order valence-corrected chi connectivity index (χ1v) is 12.1. The Bertz CT molecular complexity index is 1000. The van der Waals surface area contributed by atoms with E-state index in [1.807, 2.05) is 6.07 Å². The predicted molar refractivity (Wildman–Crippen MR) is 120 cm³/mol. The summed E-state index contributed by atoms with van der Waals surface area (Å²) in [5.74, 6) is -0.545. The van der Waals surface area contributed by atoms with Crippen LogP contribution in [0.3, 0.4) is 0 Å². The van der Waals surface area contributed by atoms with Crippen LogP contribution in [0.5, 0.6) is 0 Å². The maximum Gasteiger partial charge on any atom is 0.251 e. The number of benzene rings is 2. The molecule has 0 aromatic heterocycles. The summed E-state index contributed by atoms with van der Waals surface area (Å²) in [6.07, 6.45) is 3.88. The molecular formula is C23H29N3O4S. The van der Waals surface area contributed by atoms with Gasteiger partial charge in [0.05, 0.1) is 4.90 Å². The first-order valence-electron chi connectivity index (χ1n) is 10.6. The van der Waals surface area contributed by atoms with Crippen molar-refractivity contribution in [2.75, 3.05) is 18.4 Å². The van der Waals surface area contributed by atoms with E-state index in [2.05, 4.69) is 10.6 Å². The van der Waals surface area contributed by atoms with Crippen molar-refractivity contribution in [3.05, 3.63) is 60.2 Å². The van der Waals surface area contributed by atoms with Crippen molar-refractivity contribution >= 4 is 27.5 Å². The highest BCUT2D eigenvalue weighted by molar-refractivity contribution is 7.89. The average Bonchev–Trinajstić information content (AvgIpc) is 3.04. The van der Waals surface area contributed by atoms with Gasteiger partial charge in [-0.3, -0.25) is 9.59 Å². The second kappa shape index (κ2) is 10.5. The Hall–Kier alpha value is -2.71. The van der Waals surface area contributed by atoms with Gasteiger partial charge in [-0.05, 0) is 50.1 Å². The zero-order valence-corrected chi connectivity index (χ0v) is 18.5. The fourth-order valence-electron chi connectivity index (χ4n) is 3.60. The molecule has 31 heavy (non-hydrogen) atoms. The molecule has 0 aliphatic carbocycles. The molecule has 0 saturated carbocycles. The Morgan fingerprint density at radius 2 is 1.65 bits per heavy atom. The van der Waals surface area contributed by atoms with Gasteiger partial charge in [-0.1, -0.05) is 37.1 Å². The molecule has 2 amide bonds.